The van der Waals surface area contributed by atoms with Crippen LogP contribution in [-0.4, -0.2) is 35.7 Å². The molecule has 8 nitrogen and oxygen atoms in total. The molecule has 0 aromatic carbocycles. The number of amides is 2. The Labute approximate surface area is 86.5 Å². The summed E-state index contributed by atoms with van der Waals surface area (Å²) < 4.78 is 0. The maximum Gasteiger partial charge on any atom is 0.411 e. The zero-order chi connectivity index (χ0) is 11.8. The smallest absolute Gasteiger partial charge is 0.411 e. The highest BCUT2D eigenvalue weighted by Gasteiger charge is 2.14. The van der Waals surface area contributed by atoms with E-state index in [1.165, 1.54) is 0 Å². The standard InChI is InChI=1S/C7H15N5O3/c8-4(5(13)12-7(14)15)2-1-3-11-6(9)10/h4H,1-3,8H2,(H,12,13)(H,14,15)(H4,9,10,11). The summed E-state index contributed by atoms with van der Waals surface area (Å²) in [6, 6.07) is -0.865. The molecule has 0 fully saturated rings. The second-order valence-electron chi connectivity index (χ2n) is 2.85. The number of hydrogen-bond donors (Lipinski definition) is 5. The highest BCUT2D eigenvalue weighted by molar-refractivity contribution is 5.93. The van der Waals surface area contributed by atoms with Crippen molar-refractivity contribution in [2.24, 2.45) is 22.2 Å². The number of carbonyl (C=O) groups excluding carboxylic acids is 1. The molecule has 0 spiro atoms. The van der Waals surface area contributed by atoms with Gasteiger partial charge in [0, 0.05) is 6.54 Å². The molecule has 2 amide bonds. The number of carboxylic acid groups (broad SMARTS) is 1. The van der Waals surface area contributed by atoms with E-state index < -0.39 is 18.0 Å². The molecular formula is C7H15N5O3. The van der Waals surface area contributed by atoms with E-state index in [2.05, 4.69) is 4.99 Å². The van der Waals surface area contributed by atoms with E-state index in [1.807, 2.05) is 0 Å². The summed E-state index contributed by atoms with van der Waals surface area (Å²) in [6.07, 6.45) is -0.596. The predicted molar refractivity (Wildman–Crippen MR) is 54.1 cm³/mol. The largest absolute Gasteiger partial charge is 0.465 e. The zero-order valence-corrected chi connectivity index (χ0v) is 8.14. The maximum absolute atomic E-state index is 11.0. The summed E-state index contributed by atoms with van der Waals surface area (Å²) in [5, 5.41) is 9.89. The molecule has 1 unspecified atom stereocenters. The van der Waals surface area contributed by atoms with Gasteiger partial charge in [-0.2, -0.15) is 0 Å². The van der Waals surface area contributed by atoms with Gasteiger partial charge in [-0.15, -0.1) is 0 Å². The Morgan fingerprint density at radius 2 is 2.00 bits per heavy atom. The van der Waals surface area contributed by atoms with Crippen molar-refractivity contribution in [3.05, 3.63) is 0 Å². The Morgan fingerprint density at radius 3 is 2.47 bits per heavy atom. The van der Waals surface area contributed by atoms with Gasteiger partial charge >= 0.3 is 6.09 Å². The normalized spacial score (nSPS) is 11.5. The molecular weight excluding hydrogens is 202 g/mol. The van der Waals surface area contributed by atoms with Crippen LogP contribution >= 0.6 is 0 Å². The Bertz CT molecular complexity index is 261. The minimum atomic E-state index is -1.42. The molecule has 0 saturated carbocycles. The van der Waals surface area contributed by atoms with E-state index in [-0.39, 0.29) is 5.96 Å². The SMILES string of the molecule is NC(N)=NCCCC(N)C(=O)NC(=O)O. The van der Waals surface area contributed by atoms with Crippen molar-refractivity contribution in [3.63, 3.8) is 0 Å². The van der Waals surface area contributed by atoms with Crippen LogP contribution in [0.5, 0.6) is 0 Å². The monoisotopic (exact) mass is 217 g/mol. The molecule has 8 N–H and O–H groups in total. The van der Waals surface area contributed by atoms with Gasteiger partial charge in [0.1, 0.15) is 0 Å². The molecule has 0 radical (unpaired) electrons. The lowest BCUT2D eigenvalue weighted by Gasteiger charge is -2.08. The molecule has 15 heavy (non-hydrogen) atoms. The van der Waals surface area contributed by atoms with Crippen LogP contribution in [0.4, 0.5) is 4.79 Å². The predicted octanol–water partition coefficient (Wildman–Crippen LogP) is -1.84. The van der Waals surface area contributed by atoms with Gasteiger partial charge < -0.3 is 22.3 Å². The van der Waals surface area contributed by atoms with E-state index in [0.717, 1.165) is 0 Å². The van der Waals surface area contributed by atoms with Crippen molar-refractivity contribution in [2.45, 2.75) is 18.9 Å². The summed E-state index contributed by atoms with van der Waals surface area (Å²) in [6.45, 7) is 0.358. The van der Waals surface area contributed by atoms with Crippen molar-refractivity contribution >= 4 is 18.0 Å². The third-order valence-corrected chi connectivity index (χ3v) is 1.53. The van der Waals surface area contributed by atoms with Crippen molar-refractivity contribution in [2.75, 3.05) is 6.54 Å². The molecule has 0 heterocycles. The van der Waals surface area contributed by atoms with Crippen LogP contribution < -0.4 is 22.5 Å². The van der Waals surface area contributed by atoms with E-state index in [4.69, 9.17) is 22.3 Å². The van der Waals surface area contributed by atoms with E-state index in [9.17, 15) is 9.59 Å². The van der Waals surface area contributed by atoms with Crippen molar-refractivity contribution in [1.29, 1.82) is 0 Å². The lowest BCUT2D eigenvalue weighted by atomic mass is 10.1. The van der Waals surface area contributed by atoms with Crippen LogP contribution in [0.3, 0.4) is 0 Å². The fraction of sp³-hybridized carbons (Fsp3) is 0.571. The number of guanidine groups is 1. The number of rotatable bonds is 5. The fourth-order valence-electron chi connectivity index (χ4n) is 0.849. The molecule has 0 rings (SSSR count). The topological polar surface area (TPSA) is 157 Å². The second-order valence-corrected chi connectivity index (χ2v) is 2.85. The number of nitrogens with two attached hydrogens (primary N) is 3. The van der Waals surface area contributed by atoms with Gasteiger partial charge in [0.25, 0.3) is 0 Å². The van der Waals surface area contributed by atoms with E-state index in [0.29, 0.717) is 19.4 Å². The first kappa shape index (κ1) is 13.2. The average Bonchev–Trinajstić information content (AvgIpc) is 2.10. The zero-order valence-electron chi connectivity index (χ0n) is 8.14. The van der Waals surface area contributed by atoms with Gasteiger partial charge in [-0.05, 0) is 12.8 Å². The number of imide groups is 1. The molecule has 0 aliphatic heterocycles. The first-order valence-electron chi connectivity index (χ1n) is 4.28. The van der Waals surface area contributed by atoms with Crippen LogP contribution in [0, 0.1) is 0 Å². The number of nitrogens with one attached hydrogen (secondary N) is 1. The molecule has 8 heteroatoms. The summed E-state index contributed by atoms with van der Waals surface area (Å²) >= 11 is 0. The van der Waals surface area contributed by atoms with Crippen LogP contribution in [0.15, 0.2) is 4.99 Å². The van der Waals surface area contributed by atoms with Gasteiger partial charge in [-0.3, -0.25) is 15.1 Å². The Morgan fingerprint density at radius 1 is 1.40 bits per heavy atom. The summed E-state index contributed by atoms with van der Waals surface area (Å²) in [5.74, 6) is -0.759. The molecule has 0 bridgehead atoms. The fourth-order valence-corrected chi connectivity index (χ4v) is 0.849. The van der Waals surface area contributed by atoms with Crippen LogP contribution in [0.2, 0.25) is 0 Å². The molecule has 0 saturated heterocycles. The first-order valence-corrected chi connectivity index (χ1v) is 4.28. The van der Waals surface area contributed by atoms with Gasteiger partial charge in [0.05, 0.1) is 6.04 Å². The summed E-state index contributed by atoms with van der Waals surface area (Å²) in [4.78, 5) is 24.8. The number of hydrogen-bond acceptors (Lipinski definition) is 4. The Kier molecular flexibility index (Phi) is 5.79. The van der Waals surface area contributed by atoms with Crippen LogP contribution in [-0.2, 0) is 4.79 Å². The number of carbonyl (C=O) groups is 2. The van der Waals surface area contributed by atoms with Crippen molar-refractivity contribution in [3.8, 4) is 0 Å². The van der Waals surface area contributed by atoms with Gasteiger partial charge in [-0.25, -0.2) is 4.79 Å². The molecule has 0 aliphatic rings. The highest BCUT2D eigenvalue weighted by Crippen LogP contribution is 1.95. The minimum absolute atomic E-state index is 0.0291. The molecule has 0 aromatic heterocycles. The average molecular weight is 217 g/mol. The number of aliphatic imine (C=N–C) groups is 1. The highest BCUT2D eigenvalue weighted by atomic mass is 16.4. The molecule has 0 aliphatic carbocycles. The minimum Gasteiger partial charge on any atom is -0.465 e. The second kappa shape index (κ2) is 6.60. The van der Waals surface area contributed by atoms with E-state index in [1.54, 1.807) is 5.32 Å². The Hall–Kier alpha value is -1.83. The lowest BCUT2D eigenvalue weighted by Crippen LogP contribution is -2.42. The number of nitrogens with zero attached hydrogens (tertiary/aromatic N) is 1. The molecule has 86 valence electrons. The molecule has 0 aromatic rings. The summed E-state index contributed by atoms with van der Waals surface area (Å²) in [7, 11) is 0. The lowest BCUT2D eigenvalue weighted by molar-refractivity contribution is -0.121. The Balaban J connectivity index is 3.74. The van der Waals surface area contributed by atoms with Crippen LogP contribution in [0.1, 0.15) is 12.8 Å². The van der Waals surface area contributed by atoms with Crippen LogP contribution in [0.25, 0.3) is 0 Å². The van der Waals surface area contributed by atoms with Gasteiger partial charge in [0.2, 0.25) is 5.91 Å². The van der Waals surface area contributed by atoms with Crippen molar-refractivity contribution < 1.29 is 14.7 Å². The maximum atomic E-state index is 11.0. The van der Waals surface area contributed by atoms with Crippen molar-refractivity contribution in [1.82, 2.24) is 5.32 Å². The third-order valence-electron chi connectivity index (χ3n) is 1.53. The summed E-state index contributed by atoms with van der Waals surface area (Å²) in [5.41, 5.74) is 15.5. The van der Waals surface area contributed by atoms with Gasteiger partial charge in [-0.1, -0.05) is 0 Å². The quantitative estimate of drug-likeness (QED) is 0.207. The third kappa shape index (κ3) is 7.26. The molecule has 1 atom stereocenters. The first-order chi connectivity index (χ1) is 6.93. The van der Waals surface area contributed by atoms with Gasteiger partial charge in [0.15, 0.2) is 5.96 Å². The van der Waals surface area contributed by atoms with E-state index >= 15 is 0 Å².